The number of benzene rings is 2. The van der Waals surface area contributed by atoms with Crippen LogP contribution in [0.1, 0.15) is 41.6 Å². The minimum atomic E-state index is -0.429. The molecule has 1 aliphatic heterocycles. The van der Waals surface area contributed by atoms with Crippen LogP contribution < -0.4 is 10.3 Å². The third-order valence-corrected chi connectivity index (χ3v) is 6.29. The SMILES string of the molecule is CC[NH+](CC)CCN1C(=O)c2oc3ccccc3c(=O)c2[C@@H]1c1ccc(Br)cc1. The first-order chi connectivity index (χ1) is 14.0. The summed E-state index contributed by atoms with van der Waals surface area (Å²) in [6.07, 6.45) is 0. The van der Waals surface area contributed by atoms with Gasteiger partial charge in [-0.2, -0.15) is 0 Å². The first kappa shape index (κ1) is 19.9. The first-order valence-electron chi connectivity index (χ1n) is 10.0. The molecule has 1 aromatic heterocycles. The standard InChI is InChI=1S/C23H23BrN2O3/c1-3-25(4-2)13-14-26-20(15-9-11-16(24)12-10-15)19-21(27)17-7-5-6-8-18(17)29-22(19)23(26)28/h5-12,20H,3-4,13-14H2,1-2H3/p+1/t20-/m0/s1. The van der Waals surface area contributed by atoms with Crippen LogP contribution >= 0.6 is 15.9 Å². The van der Waals surface area contributed by atoms with Crippen molar-refractivity contribution in [1.82, 2.24) is 4.90 Å². The van der Waals surface area contributed by atoms with Crippen LogP contribution in [-0.4, -0.2) is 37.0 Å². The Morgan fingerprint density at radius 2 is 1.72 bits per heavy atom. The normalized spacial score (nSPS) is 16.1. The van der Waals surface area contributed by atoms with Crippen LogP contribution in [0.3, 0.4) is 0 Å². The molecular weight excluding hydrogens is 432 g/mol. The number of likely N-dealkylation sites (N-methyl/N-ethyl adjacent to an activating group) is 1. The number of rotatable bonds is 6. The van der Waals surface area contributed by atoms with E-state index in [4.69, 9.17) is 4.42 Å². The molecule has 6 heteroatoms. The Balaban J connectivity index is 1.85. The van der Waals surface area contributed by atoms with Gasteiger partial charge in [-0.15, -0.1) is 0 Å². The third kappa shape index (κ3) is 3.51. The monoisotopic (exact) mass is 455 g/mol. The summed E-state index contributed by atoms with van der Waals surface area (Å²) in [5.41, 5.74) is 1.69. The number of nitrogens with zero attached hydrogens (tertiary/aromatic N) is 1. The van der Waals surface area contributed by atoms with Crippen molar-refractivity contribution in [1.29, 1.82) is 0 Å². The number of hydrogen-bond acceptors (Lipinski definition) is 3. The predicted molar refractivity (Wildman–Crippen MR) is 116 cm³/mol. The van der Waals surface area contributed by atoms with E-state index in [1.165, 1.54) is 4.90 Å². The molecule has 0 spiro atoms. The zero-order valence-corrected chi connectivity index (χ0v) is 18.2. The maximum atomic E-state index is 13.4. The molecule has 0 unspecified atom stereocenters. The Bertz CT molecular complexity index is 1100. The molecule has 0 fully saturated rings. The summed E-state index contributed by atoms with van der Waals surface area (Å²) in [6.45, 7) is 7.67. The van der Waals surface area contributed by atoms with Crippen molar-refractivity contribution in [2.75, 3.05) is 26.2 Å². The average Bonchev–Trinajstić information content (AvgIpc) is 3.02. The Kier molecular flexibility index (Phi) is 5.56. The largest absolute Gasteiger partial charge is 0.450 e. The number of hydrogen-bond donors (Lipinski definition) is 1. The van der Waals surface area contributed by atoms with Crippen LogP contribution in [0, 0.1) is 0 Å². The quantitative estimate of drug-likeness (QED) is 0.621. The van der Waals surface area contributed by atoms with E-state index in [-0.39, 0.29) is 17.1 Å². The lowest BCUT2D eigenvalue weighted by Crippen LogP contribution is -3.12. The van der Waals surface area contributed by atoms with Gasteiger partial charge in [-0.1, -0.05) is 40.2 Å². The first-order valence-corrected chi connectivity index (χ1v) is 10.8. The number of carbonyl (C=O) groups excluding carboxylic acids is 1. The van der Waals surface area contributed by atoms with Crippen molar-refractivity contribution < 1.29 is 14.1 Å². The second-order valence-corrected chi connectivity index (χ2v) is 8.25. The minimum absolute atomic E-state index is 0.124. The fraction of sp³-hybridized carbons (Fsp3) is 0.304. The topological polar surface area (TPSA) is 55.0 Å². The second-order valence-electron chi connectivity index (χ2n) is 7.33. The lowest BCUT2D eigenvalue weighted by atomic mass is 9.98. The highest BCUT2D eigenvalue weighted by atomic mass is 79.9. The number of nitrogens with one attached hydrogen (secondary N) is 1. The van der Waals surface area contributed by atoms with Crippen LogP contribution in [0.15, 0.2) is 62.2 Å². The maximum absolute atomic E-state index is 13.4. The molecule has 0 saturated carbocycles. The summed E-state index contributed by atoms with van der Waals surface area (Å²) in [6, 6.07) is 14.5. The lowest BCUT2D eigenvalue weighted by molar-refractivity contribution is -0.895. The van der Waals surface area contributed by atoms with Crippen molar-refractivity contribution in [3.8, 4) is 0 Å². The summed E-state index contributed by atoms with van der Waals surface area (Å²) in [5, 5.41) is 0.511. The van der Waals surface area contributed by atoms with Crippen LogP contribution in [0.2, 0.25) is 0 Å². The van der Waals surface area contributed by atoms with Gasteiger partial charge < -0.3 is 14.2 Å². The van der Waals surface area contributed by atoms with E-state index in [1.54, 1.807) is 17.0 Å². The van der Waals surface area contributed by atoms with Gasteiger partial charge in [0, 0.05) is 4.47 Å². The summed E-state index contributed by atoms with van der Waals surface area (Å²) >= 11 is 3.46. The van der Waals surface area contributed by atoms with E-state index >= 15 is 0 Å². The number of carbonyl (C=O) groups is 1. The molecule has 29 heavy (non-hydrogen) atoms. The number of quaternary nitrogens is 1. The molecule has 0 bridgehead atoms. The molecule has 2 heterocycles. The molecule has 1 amide bonds. The molecule has 1 atom stereocenters. The van der Waals surface area contributed by atoms with E-state index in [0.717, 1.165) is 29.7 Å². The van der Waals surface area contributed by atoms with Gasteiger partial charge in [0.1, 0.15) is 5.58 Å². The molecule has 150 valence electrons. The summed E-state index contributed by atoms with van der Waals surface area (Å²) < 4.78 is 6.91. The number of para-hydroxylation sites is 1. The molecule has 0 aliphatic carbocycles. The van der Waals surface area contributed by atoms with Crippen molar-refractivity contribution in [2.45, 2.75) is 19.9 Å². The zero-order chi connectivity index (χ0) is 20.5. The maximum Gasteiger partial charge on any atom is 0.291 e. The highest BCUT2D eigenvalue weighted by Crippen LogP contribution is 2.38. The van der Waals surface area contributed by atoms with Crippen molar-refractivity contribution in [3.63, 3.8) is 0 Å². The second kappa shape index (κ2) is 8.13. The molecule has 4 rings (SSSR count). The molecule has 3 aromatic rings. The van der Waals surface area contributed by atoms with Gasteiger partial charge in [0.2, 0.25) is 5.76 Å². The molecular formula is C23H24BrN2O3+. The van der Waals surface area contributed by atoms with Crippen LogP contribution in [0.25, 0.3) is 11.0 Å². The van der Waals surface area contributed by atoms with E-state index in [0.29, 0.717) is 23.1 Å². The van der Waals surface area contributed by atoms with Gasteiger partial charge in [0.05, 0.1) is 43.2 Å². The minimum Gasteiger partial charge on any atom is -0.450 e. The Hall–Kier alpha value is -2.44. The fourth-order valence-corrected chi connectivity index (χ4v) is 4.34. The zero-order valence-electron chi connectivity index (χ0n) is 16.6. The number of halogens is 1. The molecule has 0 radical (unpaired) electrons. The highest BCUT2D eigenvalue weighted by molar-refractivity contribution is 9.10. The van der Waals surface area contributed by atoms with Crippen molar-refractivity contribution >= 4 is 32.8 Å². The fourth-order valence-electron chi connectivity index (χ4n) is 4.07. The Labute approximate surface area is 178 Å². The van der Waals surface area contributed by atoms with Gasteiger partial charge >= 0.3 is 0 Å². The Morgan fingerprint density at radius 3 is 2.41 bits per heavy atom. The third-order valence-electron chi connectivity index (χ3n) is 5.77. The molecule has 1 aliphatic rings. The predicted octanol–water partition coefficient (Wildman–Crippen LogP) is 3.03. The number of amides is 1. The van der Waals surface area contributed by atoms with E-state index < -0.39 is 6.04 Å². The van der Waals surface area contributed by atoms with Crippen molar-refractivity contribution in [2.24, 2.45) is 0 Å². The van der Waals surface area contributed by atoms with Gasteiger partial charge in [-0.25, -0.2) is 0 Å². The van der Waals surface area contributed by atoms with Gasteiger partial charge in [0.25, 0.3) is 5.91 Å². The molecule has 5 nitrogen and oxygen atoms in total. The summed E-state index contributed by atoms with van der Waals surface area (Å²) in [7, 11) is 0. The smallest absolute Gasteiger partial charge is 0.291 e. The van der Waals surface area contributed by atoms with Gasteiger partial charge in [-0.3, -0.25) is 9.59 Å². The van der Waals surface area contributed by atoms with Crippen molar-refractivity contribution in [3.05, 3.63) is 80.1 Å². The van der Waals surface area contributed by atoms with E-state index in [2.05, 4.69) is 29.8 Å². The van der Waals surface area contributed by atoms with Crippen LogP contribution in [-0.2, 0) is 0 Å². The lowest BCUT2D eigenvalue weighted by Gasteiger charge is -2.26. The summed E-state index contributed by atoms with van der Waals surface area (Å²) in [5.74, 6) is -0.0292. The van der Waals surface area contributed by atoms with Crippen LogP contribution in [0.5, 0.6) is 0 Å². The summed E-state index contributed by atoms with van der Waals surface area (Å²) in [4.78, 5) is 29.9. The molecule has 1 N–H and O–H groups in total. The van der Waals surface area contributed by atoms with Gasteiger partial charge in [-0.05, 0) is 43.7 Å². The van der Waals surface area contributed by atoms with E-state index in [1.807, 2.05) is 36.4 Å². The highest BCUT2D eigenvalue weighted by Gasteiger charge is 2.42. The Morgan fingerprint density at radius 1 is 1.03 bits per heavy atom. The molecule has 2 aromatic carbocycles. The van der Waals surface area contributed by atoms with Gasteiger partial charge in [0.15, 0.2) is 5.43 Å². The van der Waals surface area contributed by atoms with E-state index in [9.17, 15) is 9.59 Å². The number of fused-ring (bicyclic) bond motifs is 2. The molecule has 0 saturated heterocycles. The average molecular weight is 456 g/mol. The van der Waals surface area contributed by atoms with Crippen LogP contribution in [0.4, 0.5) is 0 Å².